The summed E-state index contributed by atoms with van der Waals surface area (Å²) in [6, 6.07) is 6.07. The van der Waals surface area contributed by atoms with Gasteiger partial charge < -0.3 is 10.3 Å². The van der Waals surface area contributed by atoms with E-state index in [0.717, 1.165) is 47.2 Å². The molecule has 1 saturated carbocycles. The first-order valence-corrected chi connectivity index (χ1v) is 8.17. The number of aryl methyl sites for hydroxylation is 1. The van der Waals surface area contributed by atoms with Crippen LogP contribution in [0, 0.1) is 12.8 Å². The van der Waals surface area contributed by atoms with E-state index in [1.807, 2.05) is 25.1 Å². The van der Waals surface area contributed by atoms with Crippen LogP contribution in [0.5, 0.6) is 0 Å². The monoisotopic (exact) mass is 349 g/mol. The van der Waals surface area contributed by atoms with Gasteiger partial charge in [-0.25, -0.2) is 0 Å². The zero-order valence-electron chi connectivity index (χ0n) is 12.4. The molecule has 5 heteroatoms. The third kappa shape index (κ3) is 2.90. The Bertz CT molecular complexity index is 645. The van der Waals surface area contributed by atoms with E-state index >= 15 is 0 Å². The standard InChI is InChI=1S/C16H20BrN3O/c1-10-5-7-16(18,8-6-10)15-19-14(21-20-15)12-9-11(2)3-4-13(12)17/h3-4,9-10H,5-8,18H2,1-2H3. The van der Waals surface area contributed by atoms with Crippen molar-refractivity contribution >= 4 is 15.9 Å². The molecule has 1 aliphatic carbocycles. The van der Waals surface area contributed by atoms with Crippen molar-refractivity contribution in [3.8, 4) is 11.5 Å². The van der Waals surface area contributed by atoms with E-state index in [0.29, 0.717) is 11.7 Å². The highest BCUT2D eigenvalue weighted by Crippen LogP contribution is 2.37. The molecule has 0 radical (unpaired) electrons. The maximum atomic E-state index is 6.51. The lowest BCUT2D eigenvalue weighted by molar-refractivity contribution is 0.230. The highest BCUT2D eigenvalue weighted by Gasteiger charge is 2.36. The van der Waals surface area contributed by atoms with Crippen LogP contribution < -0.4 is 5.73 Å². The SMILES string of the molecule is Cc1ccc(Br)c(-c2nc(C3(N)CCC(C)CC3)no2)c1. The Hall–Kier alpha value is -1.20. The van der Waals surface area contributed by atoms with Crippen molar-refractivity contribution in [1.29, 1.82) is 0 Å². The average molecular weight is 350 g/mol. The molecule has 0 aliphatic heterocycles. The number of nitrogens with zero attached hydrogens (tertiary/aromatic N) is 2. The lowest BCUT2D eigenvalue weighted by Crippen LogP contribution is -2.41. The van der Waals surface area contributed by atoms with Crippen molar-refractivity contribution in [3.63, 3.8) is 0 Å². The molecule has 1 aliphatic rings. The zero-order chi connectivity index (χ0) is 15.0. The van der Waals surface area contributed by atoms with Crippen LogP contribution >= 0.6 is 15.9 Å². The van der Waals surface area contributed by atoms with E-state index in [4.69, 9.17) is 10.3 Å². The Kier molecular flexibility index (Phi) is 3.88. The molecule has 1 aromatic carbocycles. The molecular formula is C16H20BrN3O. The predicted molar refractivity (Wildman–Crippen MR) is 85.7 cm³/mol. The number of aromatic nitrogens is 2. The molecule has 0 saturated heterocycles. The second-order valence-electron chi connectivity index (χ2n) is 6.25. The molecule has 1 heterocycles. The fourth-order valence-corrected chi connectivity index (χ4v) is 3.26. The van der Waals surface area contributed by atoms with Crippen molar-refractivity contribution in [2.75, 3.05) is 0 Å². The fourth-order valence-electron chi connectivity index (χ4n) is 2.84. The van der Waals surface area contributed by atoms with Gasteiger partial charge in [0.1, 0.15) is 0 Å². The summed E-state index contributed by atoms with van der Waals surface area (Å²) in [6.45, 7) is 4.31. The van der Waals surface area contributed by atoms with Gasteiger partial charge in [-0.15, -0.1) is 0 Å². The van der Waals surface area contributed by atoms with Crippen molar-refractivity contribution in [1.82, 2.24) is 10.1 Å². The summed E-state index contributed by atoms with van der Waals surface area (Å²) >= 11 is 3.53. The third-order valence-corrected chi connectivity index (χ3v) is 5.08. The topological polar surface area (TPSA) is 64.9 Å². The molecule has 0 spiro atoms. The van der Waals surface area contributed by atoms with Crippen molar-refractivity contribution in [2.24, 2.45) is 11.7 Å². The lowest BCUT2D eigenvalue weighted by atomic mass is 9.77. The molecule has 2 aromatic rings. The summed E-state index contributed by atoms with van der Waals surface area (Å²) in [5.41, 5.74) is 8.14. The van der Waals surface area contributed by atoms with Crippen molar-refractivity contribution in [3.05, 3.63) is 34.1 Å². The Labute approximate surface area is 133 Å². The van der Waals surface area contributed by atoms with Gasteiger partial charge >= 0.3 is 0 Å². The van der Waals surface area contributed by atoms with Crippen LogP contribution in [0.3, 0.4) is 0 Å². The second kappa shape index (κ2) is 5.54. The number of benzene rings is 1. The third-order valence-electron chi connectivity index (χ3n) is 4.39. The highest BCUT2D eigenvalue weighted by molar-refractivity contribution is 9.10. The molecule has 1 aromatic heterocycles. The Morgan fingerprint density at radius 2 is 2.05 bits per heavy atom. The number of nitrogens with two attached hydrogens (primary N) is 1. The van der Waals surface area contributed by atoms with E-state index in [2.05, 4.69) is 33.0 Å². The molecule has 0 amide bonds. The maximum Gasteiger partial charge on any atom is 0.259 e. The number of halogens is 1. The van der Waals surface area contributed by atoms with Gasteiger partial charge in [0.05, 0.1) is 11.1 Å². The number of rotatable bonds is 2. The quantitative estimate of drug-likeness (QED) is 0.883. The van der Waals surface area contributed by atoms with Crippen molar-refractivity contribution in [2.45, 2.75) is 45.1 Å². The predicted octanol–water partition coefficient (Wildman–Crippen LogP) is 4.17. The molecular weight excluding hydrogens is 330 g/mol. The van der Waals surface area contributed by atoms with Crippen molar-refractivity contribution < 1.29 is 4.52 Å². The van der Waals surface area contributed by atoms with E-state index in [9.17, 15) is 0 Å². The summed E-state index contributed by atoms with van der Waals surface area (Å²) in [4.78, 5) is 4.57. The van der Waals surface area contributed by atoms with E-state index in [1.165, 1.54) is 0 Å². The van der Waals surface area contributed by atoms with Gasteiger partial charge in [0, 0.05) is 4.47 Å². The van der Waals surface area contributed by atoms with Gasteiger partial charge in [-0.05, 0) is 66.6 Å². The van der Waals surface area contributed by atoms with Crippen LogP contribution in [-0.2, 0) is 5.54 Å². The smallest absolute Gasteiger partial charge is 0.259 e. The van der Waals surface area contributed by atoms with Gasteiger partial charge in [-0.3, -0.25) is 0 Å². The second-order valence-corrected chi connectivity index (χ2v) is 7.10. The lowest BCUT2D eigenvalue weighted by Gasteiger charge is -2.33. The first-order chi connectivity index (χ1) is 9.98. The van der Waals surface area contributed by atoms with Crippen LogP contribution in [0.15, 0.2) is 27.2 Å². The van der Waals surface area contributed by atoms with Gasteiger partial charge in [0.25, 0.3) is 5.89 Å². The number of hydrogen-bond acceptors (Lipinski definition) is 4. The highest BCUT2D eigenvalue weighted by atomic mass is 79.9. The van der Waals surface area contributed by atoms with E-state index in [1.54, 1.807) is 0 Å². The molecule has 4 nitrogen and oxygen atoms in total. The fraction of sp³-hybridized carbons (Fsp3) is 0.500. The summed E-state index contributed by atoms with van der Waals surface area (Å²) < 4.78 is 6.41. The molecule has 1 fully saturated rings. The summed E-state index contributed by atoms with van der Waals surface area (Å²) in [7, 11) is 0. The Balaban J connectivity index is 1.91. The molecule has 21 heavy (non-hydrogen) atoms. The first kappa shape index (κ1) is 14.7. The molecule has 0 bridgehead atoms. The minimum absolute atomic E-state index is 0.440. The van der Waals surface area contributed by atoms with Crippen LogP contribution in [-0.4, -0.2) is 10.1 Å². The number of hydrogen-bond donors (Lipinski definition) is 1. The summed E-state index contributed by atoms with van der Waals surface area (Å²) in [5.74, 6) is 1.90. The molecule has 0 unspecified atom stereocenters. The average Bonchev–Trinajstić information content (AvgIpc) is 2.95. The Morgan fingerprint density at radius 1 is 1.33 bits per heavy atom. The van der Waals surface area contributed by atoms with Crippen LogP contribution in [0.4, 0.5) is 0 Å². The summed E-state index contributed by atoms with van der Waals surface area (Å²) in [6.07, 6.45) is 4.08. The maximum absolute atomic E-state index is 6.51. The normalized spacial score (nSPS) is 26.0. The minimum atomic E-state index is -0.440. The van der Waals surface area contributed by atoms with Gasteiger partial charge in [-0.1, -0.05) is 23.7 Å². The zero-order valence-corrected chi connectivity index (χ0v) is 14.0. The van der Waals surface area contributed by atoms with E-state index in [-0.39, 0.29) is 0 Å². The summed E-state index contributed by atoms with van der Waals surface area (Å²) in [5, 5.41) is 4.15. The van der Waals surface area contributed by atoms with Gasteiger partial charge in [0.15, 0.2) is 5.82 Å². The van der Waals surface area contributed by atoms with Gasteiger partial charge in [-0.2, -0.15) is 4.98 Å². The Morgan fingerprint density at radius 3 is 2.76 bits per heavy atom. The van der Waals surface area contributed by atoms with Crippen LogP contribution in [0.25, 0.3) is 11.5 Å². The van der Waals surface area contributed by atoms with E-state index < -0.39 is 5.54 Å². The minimum Gasteiger partial charge on any atom is -0.334 e. The largest absolute Gasteiger partial charge is 0.334 e. The molecule has 3 rings (SSSR count). The van der Waals surface area contributed by atoms with Gasteiger partial charge in [0.2, 0.25) is 0 Å². The van der Waals surface area contributed by atoms with Crippen LogP contribution in [0.1, 0.15) is 44.0 Å². The first-order valence-electron chi connectivity index (χ1n) is 7.37. The molecule has 112 valence electrons. The molecule has 2 N–H and O–H groups in total. The molecule has 0 atom stereocenters. The van der Waals surface area contributed by atoms with Crippen LogP contribution in [0.2, 0.25) is 0 Å².